The van der Waals surface area contributed by atoms with Crippen molar-refractivity contribution in [3.63, 3.8) is 0 Å². The average molecular weight is 281 g/mol. The van der Waals surface area contributed by atoms with Gasteiger partial charge in [0.25, 0.3) is 0 Å². The zero-order chi connectivity index (χ0) is 11.4. The van der Waals surface area contributed by atoms with Crippen LogP contribution in [0.5, 0.6) is 0 Å². The van der Waals surface area contributed by atoms with E-state index in [4.69, 9.17) is 0 Å². The molecule has 0 aliphatic rings. The Balaban J connectivity index is 2.08. The van der Waals surface area contributed by atoms with Crippen LogP contribution < -0.4 is 5.32 Å². The maximum absolute atomic E-state index is 4.38. The van der Waals surface area contributed by atoms with Crippen molar-refractivity contribution in [3.8, 4) is 0 Å². The van der Waals surface area contributed by atoms with E-state index < -0.39 is 0 Å². The molecule has 4 nitrogen and oxygen atoms in total. The van der Waals surface area contributed by atoms with Gasteiger partial charge in [-0.1, -0.05) is 28.1 Å². The van der Waals surface area contributed by atoms with E-state index in [0.717, 1.165) is 22.5 Å². The molecule has 0 bridgehead atoms. The van der Waals surface area contributed by atoms with Crippen LogP contribution in [0, 0.1) is 0 Å². The van der Waals surface area contributed by atoms with Crippen molar-refractivity contribution < 1.29 is 0 Å². The number of halogens is 1. The number of rotatable bonds is 4. The molecule has 0 atom stereocenters. The smallest absolute Gasteiger partial charge is 0.164 e. The van der Waals surface area contributed by atoms with Crippen LogP contribution in [-0.4, -0.2) is 22.2 Å². The zero-order valence-electron chi connectivity index (χ0n) is 9.00. The minimum absolute atomic E-state index is 0.689. The fourth-order valence-electron chi connectivity index (χ4n) is 1.49. The second kappa shape index (κ2) is 5.23. The van der Waals surface area contributed by atoms with E-state index in [1.165, 1.54) is 5.56 Å². The number of nitrogens with zero attached hydrogens (tertiary/aromatic N) is 2. The van der Waals surface area contributed by atoms with Crippen molar-refractivity contribution in [2.24, 2.45) is 0 Å². The first-order valence-electron chi connectivity index (χ1n) is 5.07. The average Bonchev–Trinajstić information content (AvgIpc) is 2.66. The Morgan fingerprint density at radius 1 is 1.44 bits per heavy atom. The highest BCUT2D eigenvalue weighted by Gasteiger charge is 2.03. The molecule has 1 aromatic heterocycles. The Hall–Kier alpha value is -1.20. The highest BCUT2D eigenvalue weighted by molar-refractivity contribution is 9.10. The van der Waals surface area contributed by atoms with Crippen molar-refractivity contribution in [1.29, 1.82) is 0 Å². The molecule has 0 aliphatic heterocycles. The van der Waals surface area contributed by atoms with Gasteiger partial charge in [-0.15, -0.1) is 0 Å². The van der Waals surface area contributed by atoms with Crippen molar-refractivity contribution >= 4 is 15.9 Å². The van der Waals surface area contributed by atoms with Crippen LogP contribution in [0.1, 0.15) is 17.2 Å². The molecule has 16 heavy (non-hydrogen) atoms. The first-order chi connectivity index (χ1) is 7.78. The van der Waals surface area contributed by atoms with E-state index in [-0.39, 0.29) is 0 Å². The number of nitrogens with one attached hydrogen (secondary N) is 2. The summed E-state index contributed by atoms with van der Waals surface area (Å²) in [5.41, 5.74) is 1.21. The molecular weight excluding hydrogens is 268 g/mol. The molecule has 2 N–H and O–H groups in total. The van der Waals surface area contributed by atoms with Crippen molar-refractivity contribution in [1.82, 2.24) is 20.5 Å². The van der Waals surface area contributed by atoms with Gasteiger partial charge in [-0.2, -0.15) is 5.10 Å². The summed E-state index contributed by atoms with van der Waals surface area (Å²) in [6, 6.07) is 8.19. The first kappa shape index (κ1) is 11.3. The molecule has 0 spiro atoms. The molecule has 0 aliphatic carbocycles. The van der Waals surface area contributed by atoms with E-state index in [1.807, 2.05) is 19.2 Å². The first-order valence-corrected chi connectivity index (χ1v) is 5.86. The maximum atomic E-state index is 4.38. The van der Waals surface area contributed by atoms with Crippen molar-refractivity contribution in [2.45, 2.75) is 13.0 Å². The topological polar surface area (TPSA) is 53.6 Å². The number of aromatic amines is 1. The molecule has 1 aromatic carbocycles. The van der Waals surface area contributed by atoms with E-state index in [1.54, 1.807) is 0 Å². The summed E-state index contributed by atoms with van der Waals surface area (Å²) in [5, 5.41) is 10.1. The Morgan fingerprint density at radius 3 is 3.06 bits per heavy atom. The highest BCUT2D eigenvalue weighted by atomic mass is 79.9. The predicted octanol–water partition coefficient (Wildman–Crippen LogP) is 1.88. The summed E-state index contributed by atoms with van der Waals surface area (Å²) in [4.78, 5) is 4.38. The Kier molecular flexibility index (Phi) is 3.69. The monoisotopic (exact) mass is 280 g/mol. The second-order valence-corrected chi connectivity index (χ2v) is 4.45. The largest absolute Gasteiger partial charge is 0.313 e. The highest BCUT2D eigenvalue weighted by Crippen LogP contribution is 2.13. The lowest BCUT2D eigenvalue weighted by molar-refractivity contribution is 0.762. The number of hydrogen-bond acceptors (Lipinski definition) is 3. The van der Waals surface area contributed by atoms with Crippen LogP contribution in [0.15, 0.2) is 28.7 Å². The van der Waals surface area contributed by atoms with Gasteiger partial charge >= 0.3 is 0 Å². The van der Waals surface area contributed by atoms with E-state index in [9.17, 15) is 0 Å². The molecule has 0 amide bonds. The molecular formula is C11H13BrN4. The molecule has 0 saturated carbocycles. The van der Waals surface area contributed by atoms with Crippen molar-refractivity contribution in [3.05, 3.63) is 46.0 Å². The van der Waals surface area contributed by atoms with Gasteiger partial charge in [0.15, 0.2) is 5.82 Å². The number of benzene rings is 1. The standard InChI is InChI=1S/C11H13BrN4/c1-13-7-11-14-10(15-16-11)6-8-3-2-4-9(12)5-8/h2-5,13H,6-7H2,1H3,(H,14,15,16). The zero-order valence-corrected chi connectivity index (χ0v) is 10.6. The molecule has 5 heteroatoms. The van der Waals surface area contributed by atoms with E-state index in [0.29, 0.717) is 6.54 Å². The van der Waals surface area contributed by atoms with Crippen LogP contribution >= 0.6 is 15.9 Å². The van der Waals surface area contributed by atoms with Gasteiger partial charge in [0.05, 0.1) is 6.54 Å². The quantitative estimate of drug-likeness (QED) is 0.899. The molecule has 84 valence electrons. The fourth-order valence-corrected chi connectivity index (χ4v) is 1.94. The SMILES string of the molecule is CNCc1n[nH]c(Cc2cccc(Br)c2)n1. The van der Waals surface area contributed by atoms with Gasteiger partial charge in [0.2, 0.25) is 0 Å². The Morgan fingerprint density at radius 2 is 2.31 bits per heavy atom. The summed E-state index contributed by atoms with van der Waals surface area (Å²) in [7, 11) is 1.88. The van der Waals surface area contributed by atoms with Gasteiger partial charge in [0.1, 0.15) is 5.82 Å². The lowest BCUT2D eigenvalue weighted by atomic mass is 10.1. The molecule has 0 saturated heterocycles. The molecule has 2 rings (SSSR count). The minimum Gasteiger partial charge on any atom is -0.313 e. The second-order valence-electron chi connectivity index (χ2n) is 3.54. The number of aromatic nitrogens is 3. The minimum atomic E-state index is 0.689. The van der Waals surface area contributed by atoms with Crippen LogP contribution in [0.4, 0.5) is 0 Å². The number of H-pyrrole nitrogens is 1. The normalized spacial score (nSPS) is 10.6. The fraction of sp³-hybridized carbons (Fsp3) is 0.273. The van der Waals surface area contributed by atoms with Gasteiger partial charge in [-0.05, 0) is 24.7 Å². The van der Waals surface area contributed by atoms with Gasteiger partial charge in [0, 0.05) is 10.9 Å². The summed E-state index contributed by atoms with van der Waals surface area (Å²) in [5.74, 6) is 1.69. The Labute approximate surface area is 103 Å². The van der Waals surface area contributed by atoms with Gasteiger partial charge in [-0.3, -0.25) is 5.10 Å². The third-order valence-electron chi connectivity index (χ3n) is 2.17. The van der Waals surface area contributed by atoms with Gasteiger partial charge in [-0.25, -0.2) is 4.98 Å². The van der Waals surface area contributed by atoms with Crippen molar-refractivity contribution in [2.75, 3.05) is 7.05 Å². The van der Waals surface area contributed by atoms with Crippen LogP contribution in [-0.2, 0) is 13.0 Å². The molecule has 0 unspecified atom stereocenters. The molecule has 2 aromatic rings. The lowest BCUT2D eigenvalue weighted by Crippen LogP contribution is -2.06. The summed E-state index contributed by atoms with van der Waals surface area (Å²) < 4.78 is 1.08. The van der Waals surface area contributed by atoms with Crippen LogP contribution in [0.25, 0.3) is 0 Å². The van der Waals surface area contributed by atoms with E-state index in [2.05, 4.69) is 48.6 Å². The predicted molar refractivity (Wildman–Crippen MR) is 66.1 cm³/mol. The number of hydrogen-bond donors (Lipinski definition) is 2. The third-order valence-corrected chi connectivity index (χ3v) is 2.67. The maximum Gasteiger partial charge on any atom is 0.164 e. The lowest BCUT2D eigenvalue weighted by Gasteiger charge is -1.98. The Bertz CT molecular complexity index is 467. The summed E-state index contributed by atoms with van der Waals surface area (Å²) >= 11 is 3.45. The van der Waals surface area contributed by atoms with Crippen LogP contribution in [0.3, 0.4) is 0 Å². The molecule has 0 fully saturated rings. The van der Waals surface area contributed by atoms with E-state index >= 15 is 0 Å². The molecule has 0 radical (unpaired) electrons. The van der Waals surface area contributed by atoms with Gasteiger partial charge < -0.3 is 5.32 Å². The third kappa shape index (κ3) is 2.90. The summed E-state index contributed by atoms with van der Waals surface area (Å²) in [6.07, 6.45) is 0.774. The molecule has 1 heterocycles. The summed E-state index contributed by atoms with van der Waals surface area (Å²) in [6.45, 7) is 0.689. The van der Waals surface area contributed by atoms with Crippen LogP contribution in [0.2, 0.25) is 0 Å².